The Morgan fingerprint density at radius 2 is 2.58 bits per heavy atom. The molecule has 2 heterocycles. The molecule has 0 aliphatic carbocycles. The van der Waals surface area contributed by atoms with Crippen LogP contribution in [-0.2, 0) is 4.74 Å². The largest absolute Gasteiger partial charge is 0.463 e. The van der Waals surface area contributed by atoms with Crippen LogP contribution in [0.15, 0.2) is 0 Å². The van der Waals surface area contributed by atoms with Gasteiger partial charge in [-0.25, -0.2) is 0 Å². The summed E-state index contributed by atoms with van der Waals surface area (Å²) in [6, 6.07) is 0. The van der Waals surface area contributed by atoms with E-state index >= 15 is 0 Å². The van der Waals surface area contributed by atoms with Gasteiger partial charge in [0.15, 0.2) is 0 Å². The summed E-state index contributed by atoms with van der Waals surface area (Å²) in [7, 11) is 0. The summed E-state index contributed by atoms with van der Waals surface area (Å²) >= 11 is 1.30. The molecule has 1 aliphatic rings. The highest BCUT2D eigenvalue weighted by molar-refractivity contribution is 7.07. The standard InChI is InChI=1S/C7H10N2O2S/c1-5-8-7(12-9-5)11-6-2-3-10-4-6/h6H,2-4H2,1H3/t6-/m1/s1. The van der Waals surface area contributed by atoms with E-state index in [-0.39, 0.29) is 6.10 Å². The highest BCUT2D eigenvalue weighted by Gasteiger charge is 2.18. The molecule has 0 radical (unpaired) electrons. The second-order valence-electron chi connectivity index (χ2n) is 2.71. The van der Waals surface area contributed by atoms with Gasteiger partial charge in [-0.3, -0.25) is 0 Å². The molecule has 66 valence electrons. The number of aryl methyl sites for hydroxylation is 1. The lowest BCUT2D eigenvalue weighted by Gasteiger charge is -2.06. The molecule has 0 bridgehead atoms. The number of ether oxygens (including phenoxy) is 2. The Labute approximate surface area is 74.7 Å². The second-order valence-corrected chi connectivity index (χ2v) is 3.43. The molecule has 0 aromatic carbocycles. The molecule has 5 heteroatoms. The maximum Gasteiger partial charge on any atom is 0.293 e. The number of rotatable bonds is 2. The van der Waals surface area contributed by atoms with Crippen molar-refractivity contribution in [1.82, 2.24) is 9.36 Å². The van der Waals surface area contributed by atoms with E-state index in [0.717, 1.165) is 18.9 Å². The molecule has 0 spiro atoms. The van der Waals surface area contributed by atoms with E-state index in [1.54, 1.807) is 0 Å². The molecule has 4 nitrogen and oxygen atoms in total. The minimum atomic E-state index is 0.178. The minimum Gasteiger partial charge on any atom is -0.463 e. The number of hydrogen-bond acceptors (Lipinski definition) is 5. The SMILES string of the molecule is Cc1nsc(O[C@@H]2CCOC2)n1. The van der Waals surface area contributed by atoms with Crippen LogP contribution in [0.1, 0.15) is 12.2 Å². The first-order valence-corrected chi connectivity index (χ1v) is 4.66. The molecule has 0 amide bonds. The van der Waals surface area contributed by atoms with Crippen molar-refractivity contribution >= 4 is 11.5 Å². The van der Waals surface area contributed by atoms with E-state index in [0.29, 0.717) is 11.8 Å². The van der Waals surface area contributed by atoms with Crippen LogP contribution in [-0.4, -0.2) is 28.7 Å². The van der Waals surface area contributed by atoms with Crippen LogP contribution in [0.5, 0.6) is 5.19 Å². The molecule has 0 saturated carbocycles. The average molecular weight is 186 g/mol. The van der Waals surface area contributed by atoms with E-state index in [4.69, 9.17) is 9.47 Å². The molecule has 0 N–H and O–H groups in total. The zero-order valence-corrected chi connectivity index (χ0v) is 7.63. The number of nitrogens with zero attached hydrogens (tertiary/aromatic N) is 2. The Balaban J connectivity index is 1.94. The van der Waals surface area contributed by atoms with E-state index in [1.807, 2.05) is 6.92 Å². The van der Waals surface area contributed by atoms with Gasteiger partial charge in [0.05, 0.1) is 13.2 Å². The van der Waals surface area contributed by atoms with Crippen LogP contribution in [0, 0.1) is 6.92 Å². The van der Waals surface area contributed by atoms with Gasteiger partial charge in [0.25, 0.3) is 5.19 Å². The summed E-state index contributed by atoms with van der Waals surface area (Å²) < 4.78 is 14.7. The highest BCUT2D eigenvalue weighted by atomic mass is 32.1. The van der Waals surface area contributed by atoms with Gasteiger partial charge >= 0.3 is 0 Å². The lowest BCUT2D eigenvalue weighted by Crippen LogP contribution is -2.15. The van der Waals surface area contributed by atoms with Crippen molar-refractivity contribution in [3.63, 3.8) is 0 Å². The third-order valence-corrected chi connectivity index (χ3v) is 2.36. The fraction of sp³-hybridized carbons (Fsp3) is 0.714. The van der Waals surface area contributed by atoms with Crippen LogP contribution >= 0.6 is 11.5 Å². The van der Waals surface area contributed by atoms with Crippen LogP contribution in [0.3, 0.4) is 0 Å². The van der Waals surface area contributed by atoms with E-state index in [9.17, 15) is 0 Å². The van der Waals surface area contributed by atoms with E-state index in [2.05, 4.69) is 9.36 Å². The van der Waals surface area contributed by atoms with Gasteiger partial charge in [-0.05, 0) is 6.92 Å². The molecule has 0 unspecified atom stereocenters. The van der Waals surface area contributed by atoms with Crippen molar-refractivity contribution in [1.29, 1.82) is 0 Å². The van der Waals surface area contributed by atoms with Crippen LogP contribution in [0.25, 0.3) is 0 Å². The third-order valence-electron chi connectivity index (χ3n) is 1.66. The van der Waals surface area contributed by atoms with E-state index < -0.39 is 0 Å². The summed E-state index contributed by atoms with van der Waals surface area (Å²) in [5, 5.41) is 0.656. The molecule has 1 fully saturated rings. The topological polar surface area (TPSA) is 44.2 Å². The lowest BCUT2D eigenvalue weighted by molar-refractivity contribution is 0.141. The Bertz CT molecular complexity index is 258. The average Bonchev–Trinajstić information content (AvgIpc) is 2.63. The maximum atomic E-state index is 5.52. The minimum absolute atomic E-state index is 0.178. The zero-order valence-electron chi connectivity index (χ0n) is 6.82. The molecular weight excluding hydrogens is 176 g/mol. The molecule has 12 heavy (non-hydrogen) atoms. The van der Waals surface area contributed by atoms with Crippen molar-refractivity contribution < 1.29 is 9.47 Å². The third kappa shape index (κ3) is 1.73. The van der Waals surface area contributed by atoms with Crippen molar-refractivity contribution in [3.8, 4) is 5.19 Å². The molecule has 1 aliphatic heterocycles. The van der Waals surface area contributed by atoms with Crippen molar-refractivity contribution in [2.45, 2.75) is 19.4 Å². The fourth-order valence-electron chi connectivity index (χ4n) is 1.07. The van der Waals surface area contributed by atoms with Crippen molar-refractivity contribution in [2.24, 2.45) is 0 Å². The first kappa shape index (κ1) is 7.94. The number of aromatic nitrogens is 2. The zero-order chi connectivity index (χ0) is 8.39. The summed E-state index contributed by atoms with van der Waals surface area (Å²) in [6.07, 6.45) is 1.14. The van der Waals surface area contributed by atoms with Crippen LogP contribution in [0.4, 0.5) is 0 Å². The number of hydrogen-bond donors (Lipinski definition) is 0. The van der Waals surface area contributed by atoms with Gasteiger partial charge in [0.1, 0.15) is 11.9 Å². The summed E-state index contributed by atoms with van der Waals surface area (Å²) in [4.78, 5) is 4.10. The second kappa shape index (κ2) is 3.37. The molecule has 1 atom stereocenters. The summed E-state index contributed by atoms with van der Waals surface area (Å²) in [6.45, 7) is 3.33. The molecule has 1 aromatic heterocycles. The Morgan fingerprint density at radius 3 is 3.17 bits per heavy atom. The van der Waals surface area contributed by atoms with Crippen molar-refractivity contribution in [3.05, 3.63) is 5.82 Å². The first-order chi connectivity index (χ1) is 5.84. The Morgan fingerprint density at radius 1 is 1.67 bits per heavy atom. The maximum absolute atomic E-state index is 5.52. The van der Waals surface area contributed by atoms with Gasteiger partial charge in [0, 0.05) is 18.0 Å². The summed E-state index contributed by atoms with van der Waals surface area (Å²) in [5.74, 6) is 0.772. The van der Waals surface area contributed by atoms with Gasteiger partial charge in [-0.2, -0.15) is 9.36 Å². The van der Waals surface area contributed by atoms with Crippen LogP contribution in [0.2, 0.25) is 0 Å². The van der Waals surface area contributed by atoms with Crippen molar-refractivity contribution in [2.75, 3.05) is 13.2 Å². The normalized spacial score (nSPS) is 22.9. The first-order valence-electron chi connectivity index (χ1n) is 3.89. The van der Waals surface area contributed by atoms with Crippen LogP contribution < -0.4 is 4.74 Å². The fourth-order valence-corrected chi connectivity index (χ4v) is 1.68. The lowest BCUT2D eigenvalue weighted by atomic mass is 10.3. The van der Waals surface area contributed by atoms with Gasteiger partial charge < -0.3 is 9.47 Å². The van der Waals surface area contributed by atoms with E-state index in [1.165, 1.54) is 11.5 Å². The summed E-state index contributed by atoms with van der Waals surface area (Å²) in [5.41, 5.74) is 0. The molecule has 1 aromatic rings. The van der Waals surface area contributed by atoms with Gasteiger partial charge in [0.2, 0.25) is 0 Å². The molecule has 1 saturated heterocycles. The predicted octanol–water partition coefficient (Wildman–Crippen LogP) is 1.01. The molecule has 2 rings (SSSR count). The highest BCUT2D eigenvalue weighted by Crippen LogP contribution is 2.18. The smallest absolute Gasteiger partial charge is 0.293 e. The quantitative estimate of drug-likeness (QED) is 0.691. The molecular formula is C7H10N2O2S. The Kier molecular flexibility index (Phi) is 2.23. The van der Waals surface area contributed by atoms with Gasteiger partial charge in [-0.15, -0.1) is 0 Å². The monoisotopic (exact) mass is 186 g/mol. The van der Waals surface area contributed by atoms with Gasteiger partial charge in [-0.1, -0.05) is 0 Å². The predicted molar refractivity (Wildman–Crippen MR) is 44.5 cm³/mol. The Hall–Kier alpha value is -0.680.